The normalized spacial score (nSPS) is 10.8. The molecule has 0 aliphatic heterocycles. The number of hydrogen-bond acceptors (Lipinski definition) is 1. The number of para-hydroxylation sites is 1. The second-order valence-electron chi connectivity index (χ2n) is 4.47. The van der Waals surface area contributed by atoms with Crippen LogP contribution >= 0.6 is 24.8 Å². The summed E-state index contributed by atoms with van der Waals surface area (Å²) in [5, 5.41) is 1.20. The molecule has 19 heavy (non-hydrogen) atoms. The van der Waals surface area contributed by atoms with Crippen molar-refractivity contribution in [1.29, 1.82) is 0 Å². The summed E-state index contributed by atoms with van der Waals surface area (Å²) in [6.07, 6.45) is 0.857. The molecule has 0 aliphatic carbocycles. The first-order valence-corrected chi connectivity index (χ1v) is 6.98. The molecule has 1 aromatic heterocycles. The highest BCUT2D eigenvalue weighted by molar-refractivity contribution is 8.11. The minimum absolute atomic E-state index is 0.590. The molecule has 94 valence electrons. The lowest BCUT2D eigenvalue weighted by molar-refractivity contribution is 1.05. The van der Waals surface area contributed by atoms with Gasteiger partial charge in [-0.05, 0) is 17.7 Å². The summed E-state index contributed by atoms with van der Waals surface area (Å²) >= 11 is 9.63. The Kier molecular flexibility index (Phi) is 3.40. The fourth-order valence-corrected chi connectivity index (χ4v) is 2.82. The number of thiocarbonyl (C=S) groups is 1. The Labute approximate surface area is 123 Å². The van der Waals surface area contributed by atoms with Gasteiger partial charge in [-0.2, -0.15) is 0 Å². The Balaban J connectivity index is 2.13. The number of benzene rings is 2. The van der Waals surface area contributed by atoms with Gasteiger partial charge < -0.3 is 0 Å². The van der Waals surface area contributed by atoms with Gasteiger partial charge in [0.1, 0.15) is 4.32 Å². The minimum atomic E-state index is 0.590. The number of thiol groups is 1. The van der Waals surface area contributed by atoms with E-state index in [4.69, 9.17) is 12.2 Å². The summed E-state index contributed by atoms with van der Waals surface area (Å²) in [5.41, 5.74) is 3.57. The molecule has 0 amide bonds. The second kappa shape index (κ2) is 5.19. The minimum Gasteiger partial charge on any atom is -0.299 e. The Morgan fingerprint density at radius 2 is 1.68 bits per heavy atom. The van der Waals surface area contributed by atoms with Crippen molar-refractivity contribution in [3.05, 3.63) is 71.9 Å². The fraction of sp³-hybridized carbons (Fsp3) is 0.0625. The molecule has 0 N–H and O–H groups in total. The molecule has 1 nitrogen and oxygen atoms in total. The van der Waals surface area contributed by atoms with Crippen LogP contribution in [0.2, 0.25) is 0 Å². The van der Waals surface area contributed by atoms with E-state index >= 15 is 0 Å². The van der Waals surface area contributed by atoms with Crippen molar-refractivity contribution in [1.82, 2.24) is 4.57 Å². The first-order chi connectivity index (χ1) is 9.25. The van der Waals surface area contributed by atoms with E-state index < -0.39 is 0 Å². The molecule has 0 saturated heterocycles. The summed E-state index contributed by atoms with van der Waals surface area (Å²) in [7, 11) is 0. The Hall–Kier alpha value is -1.58. The zero-order valence-corrected chi connectivity index (χ0v) is 12.0. The molecular formula is C16H13NS2. The lowest BCUT2D eigenvalue weighted by atomic mass is 10.1. The third-order valence-electron chi connectivity index (χ3n) is 3.21. The molecule has 0 atom stereocenters. The van der Waals surface area contributed by atoms with Crippen LogP contribution in [0.1, 0.15) is 11.3 Å². The first-order valence-electron chi connectivity index (χ1n) is 6.12. The molecule has 0 bridgehead atoms. The molecule has 0 aliphatic rings. The Bertz CT molecular complexity index is 729. The molecule has 0 fully saturated rings. The highest BCUT2D eigenvalue weighted by Gasteiger charge is 2.10. The largest absolute Gasteiger partial charge is 0.299 e. The third kappa shape index (κ3) is 2.44. The highest BCUT2D eigenvalue weighted by Crippen LogP contribution is 2.22. The molecule has 0 saturated carbocycles. The summed E-state index contributed by atoms with van der Waals surface area (Å²) in [5.74, 6) is 0. The summed E-state index contributed by atoms with van der Waals surface area (Å²) in [6, 6.07) is 20.8. The van der Waals surface area contributed by atoms with E-state index in [-0.39, 0.29) is 0 Å². The Morgan fingerprint density at radius 3 is 2.42 bits per heavy atom. The van der Waals surface area contributed by atoms with Crippen LogP contribution in [0.15, 0.2) is 60.7 Å². The van der Waals surface area contributed by atoms with E-state index in [2.05, 4.69) is 55.1 Å². The average molecular weight is 283 g/mol. The molecule has 1 heterocycles. The van der Waals surface area contributed by atoms with Gasteiger partial charge in [0.15, 0.2) is 0 Å². The Morgan fingerprint density at radius 1 is 1.00 bits per heavy atom. The zero-order chi connectivity index (χ0) is 13.2. The third-order valence-corrected chi connectivity index (χ3v) is 3.59. The molecule has 3 aromatic rings. The van der Waals surface area contributed by atoms with Crippen LogP contribution in [0.25, 0.3) is 10.9 Å². The van der Waals surface area contributed by atoms with Crippen LogP contribution in [0.5, 0.6) is 0 Å². The van der Waals surface area contributed by atoms with Gasteiger partial charge in [-0.3, -0.25) is 4.57 Å². The lowest BCUT2D eigenvalue weighted by Crippen LogP contribution is -2.06. The predicted molar refractivity (Wildman–Crippen MR) is 88.2 cm³/mol. The molecule has 0 unspecified atom stereocenters. The molecule has 3 heteroatoms. The van der Waals surface area contributed by atoms with Crippen LogP contribution in [0, 0.1) is 0 Å². The second-order valence-corrected chi connectivity index (χ2v) is 5.59. The van der Waals surface area contributed by atoms with E-state index in [1.807, 2.05) is 22.8 Å². The van der Waals surface area contributed by atoms with Gasteiger partial charge in [0.2, 0.25) is 0 Å². The van der Waals surface area contributed by atoms with Crippen LogP contribution in [0.4, 0.5) is 0 Å². The number of aromatic nitrogens is 1. The fourth-order valence-electron chi connectivity index (χ4n) is 2.37. The van der Waals surface area contributed by atoms with Crippen molar-refractivity contribution < 1.29 is 0 Å². The molecule has 2 aromatic carbocycles. The van der Waals surface area contributed by atoms with Gasteiger partial charge >= 0.3 is 0 Å². The average Bonchev–Trinajstić information content (AvgIpc) is 2.77. The van der Waals surface area contributed by atoms with Crippen LogP contribution in [-0.2, 0) is 6.42 Å². The quantitative estimate of drug-likeness (QED) is 0.543. The van der Waals surface area contributed by atoms with Crippen molar-refractivity contribution in [3.8, 4) is 0 Å². The van der Waals surface area contributed by atoms with Crippen LogP contribution in [-0.4, -0.2) is 8.89 Å². The number of hydrogen-bond donors (Lipinski definition) is 1. The maximum absolute atomic E-state index is 5.27. The number of fused-ring (bicyclic) bond motifs is 1. The maximum Gasteiger partial charge on any atom is 0.142 e. The lowest BCUT2D eigenvalue weighted by Gasteiger charge is -2.08. The van der Waals surface area contributed by atoms with Gasteiger partial charge in [0.25, 0.3) is 0 Å². The maximum atomic E-state index is 5.27. The van der Waals surface area contributed by atoms with E-state index in [1.165, 1.54) is 16.6 Å². The van der Waals surface area contributed by atoms with Gasteiger partial charge in [-0.1, -0.05) is 60.7 Å². The van der Waals surface area contributed by atoms with E-state index in [9.17, 15) is 0 Å². The van der Waals surface area contributed by atoms with Crippen molar-refractivity contribution in [3.63, 3.8) is 0 Å². The van der Waals surface area contributed by atoms with Gasteiger partial charge in [-0.15, -0.1) is 12.6 Å². The smallest absolute Gasteiger partial charge is 0.142 e. The molecule has 3 rings (SSSR count). The van der Waals surface area contributed by atoms with Crippen molar-refractivity contribution in [2.75, 3.05) is 0 Å². The van der Waals surface area contributed by atoms with E-state index in [1.54, 1.807) is 0 Å². The van der Waals surface area contributed by atoms with E-state index in [0.717, 1.165) is 11.9 Å². The monoisotopic (exact) mass is 283 g/mol. The van der Waals surface area contributed by atoms with Crippen molar-refractivity contribution >= 4 is 40.1 Å². The molecular weight excluding hydrogens is 270 g/mol. The standard InChI is InChI=1S/C16H13NS2/c18-16(19)17-14(10-12-6-2-1-3-7-12)11-13-8-4-5-9-15(13)17/h1-9,11H,10H2,(H,18,19). The molecule has 0 spiro atoms. The highest BCUT2D eigenvalue weighted by atomic mass is 32.1. The summed E-state index contributed by atoms with van der Waals surface area (Å²) < 4.78 is 2.63. The van der Waals surface area contributed by atoms with Gasteiger partial charge in [-0.25, -0.2) is 0 Å². The predicted octanol–water partition coefficient (Wildman–Crippen LogP) is 4.29. The van der Waals surface area contributed by atoms with Gasteiger partial charge in [0, 0.05) is 17.5 Å². The van der Waals surface area contributed by atoms with Crippen LogP contribution < -0.4 is 0 Å². The van der Waals surface area contributed by atoms with Gasteiger partial charge in [0.05, 0.1) is 5.52 Å². The number of rotatable bonds is 2. The summed E-state index contributed by atoms with van der Waals surface area (Å²) in [4.78, 5) is 0. The first kappa shape index (κ1) is 12.5. The summed E-state index contributed by atoms with van der Waals surface area (Å²) in [6.45, 7) is 0. The number of nitrogens with zero attached hydrogens (tertiary/aromatic N) is 1. The topological polar surface area (TPSA) is 4.93 Å². The van der Waals surface area contributed by atoms with Crippen molar-refractivity contribution in [2.45, 2.75) is 6.42 Å². The SMILES string of the molecule is S=C(S)n1c(Cc2ccccc2)cc2ccccc21. The van der Waals surface area contributed by atoms with E-state index in [0.29, 0.717) is 4.32 Å². The zero-order valence-electron chi connectivity index (χ0n) is 10.3. The van der Waals surface area contributed by atoms with Crippen molar-refractivity contribution in [2.24, 2.45) is 0 Å². The van der Waals surface area contributed by atoms with Crippen LogP contribution in [0.3, 0.4) is 0 Å². The molecule has 0 radical (unpaired) electrons.